The predicted octanol–water partition coefficient (Wildman–Crippen LogP) is 2.48. The number of nitrogens with one attached hydrogen (secondary N) is 1. The summed E-state index contributed by atoms with van der Waals surface area (Å²) in [6.45, 7) is 6.85. The number of nitrogens with two attached hydrogens (primary N) is 1. The summed E-state index contributed by atoms with van der Waals surface area (Å²) in [4.78, 5) is 18.6. The van der Waals surface area contributed by atoms with Crippen LogP contribution in [0.3, 0.4) is 0 Å². The lowest BCUT2D eigenvalue weighted by Crippen LogP contribution is -2.40. The number of carbonyl (C=O) groups is 1. The van der Waals surface area contributed by atoms with Gasteiger partial charge < -0.3 is 20.7 Å². The number of aryl methyl sites for hydroxylation is 2. The molecule has 1 spiro atoms. The molecule has 0 saturated carbocycles. The van der Waals surface area contributed by atoms with Gasteiger partial charge in [-0.15, -0.1) is 0 Å². The van der Waals surface area contributed by atoms with E-state index in [-0.39, 0.29) is 17.6 Å². The number of anilines is 1. The van der Waals surface area contributed by atoms with Crippen molar-refractivity contribution >= 4 is 11.8 Å². The molecule has 5 rings (SSSR count). The van der Waals surface area contributed by atoms with Crippen LogP contribution in [0.5, 0.6) is 5.75 Å². The van der Waals surface area contributed by atoms with Gasteiger partial charge in [0.05, 0.1) is 5.69 Å². The SMILES string of the molecule is CCNC(=O)N1CC[C@@]2(CCn3nc(-c4cnc(N)c(O[C@@H](C)c5ccn(C)n5)c4)cc32)C1. The van der Waals surface area contributed by atoms with Gasteiger partial charge in [0.25, 0.3) is 0 Å². The standard InChI is InChI=1S/C23H30N8O2/c1-4-25-22(32)30-9-6-23(14-30)7-10-31-20(23)12-18(28-31)16-11-19(21(24)26-13-16)33-15(2)17-5-8-29(3)27-17/h5,8,11-13,15H,4,6-7,9-10,14H2,1-3H3,(H2,24,26)(H,25,32)/t15-,23+/m0/s1. The number of hydrogen-bond acceptors (Lipinski definition) is 6. The van der Waals surface area contributed by atoms with Gasteiger partial charge in [-0.05, 0) is 44.9 Å². The second kappa shape index (κ2) is 8.09. The first-order valence-electron chi connectivity index (χ1n) is 11.4. The zero-order valence-corrected chi connectivity index (χ0v) is 19.3. The number of ether oxygens (including phenoxy) is 1. The highest BCUT2D eigenvalue weighted by atomic mass is 16.5. The number of urea groups is 1. The highest BCUT2D eigenvalue weighted by molar-refractivity contribution is 5.75. The molecule has 10 heteroatoms. The van der Waals surface area contributed by atoms with Crippen molar-refractivity contribution in [2.24, 2.45) is 7.05 Å². The maximum Gasteiger partial charge on any atom is 0.317 e. The molecular weight excluding hydrogens is 420 g/mol. The molecule has 1 fully saturated rings. The molecule has 3 aromatic rings. The Labute approximate surface area is 192 Å². The summed E-state index contributed by atoms with van der Waals surface area (Å²) in [5, 5.41) is 12.2. The number of hydrogen-bond donors (Lipinski definition) is 2. The summed E-state index contributed by atoms with van der Waals surface area (Å²) < 4.78 is 9.91. The Morgan fingerprint density at radius 1 is 1.30 bits per heavy atom. The Balaban J connectivity index is 1.38. The van der Waals surface area contributed by atoms with E-state index < -0.39 is 0 Å². The monoisotopic (exact) mass is 450 g/mol. The van der Waals surface area contributed by atoms with Gasteiger partial charge in [0.1, 0.15) is 11.8 Å². The van der Waals surface area contributed by atoms with Crippen molar-refractivity contribution in [1.29, 1.82) is 0 Å². The molecule has 0 aliphatic carbocycles. The zero-order valence-electron chi connectivity index (χ0n) is 19.3. The normalized spacial score (nSPS) is 20.3. The van der Waals surface area contributed by atoms with Crippen LogP contribution in [0.2, 0.25) is 0 Å². The first kappa shape index (κ1) is 21.3. The van der Waals surface area contributed by atoms with Crippen LogP contribution < -0.4 is 15.8 Å². The van der Waals surface area contributed by atoms with E-state index >= 15 is 0 Å². The smallest absolute Gasteiger partial charge is 0.317 e. The van der Waals surface area contributed by atoms with Crippen LogP contribution in [0.4, 0.5) is 10.6 Å². The van der Waals surface area contributed by atoms with Gasteiger partial charge in [0, 0.05) is 62.3 Å². The quantitative estimate of drug-likeness (QED) is 0.617. The van der Waals surface area contributed by atoms with E-state index in [1.807, 2.05) is 44.1 Å². The second-order valence-corrected chi connectivity index (χ2v) is 8.96. The highest BCUT2D eigenvalue weighted by Crippen LogP contribution is 2.44. The summed E-state index contributed by atoms with van der Waals surface area (Å²) in [5.74, 6) is 0.843. The van der Waals surface area contributed by atoms with Crippen molar-refractivity contribution in [1.82, 2.24) is 34.8 Å². The summed E-state index contributed by atoms with van der Waals surface area (Å²) >= 11 is 0. The lowest BCUT2D eigenvalue weighted by Gasteiger charge is -2.23. The molecule has 2 aliphatic heterocycles. The third-order valence-corrected chi connectivity index (χ3v) is 6.73. The van der Waals surface area contributed by atoms with Gasteiger partial charge in [0.15, 0.2) is 11.6 Å². The molecule has 2 atom stereocenters. The van der Waals surface area contributed by atoms with Crippen LogP contribution in [0, 0.1) is 0 Å². The number of aromatic nitrogens is 5. The fourth-order valence-electron chi connectivity index (χ4n) is 4.92. The Bertz CT molecular complexity index is 1190. The van der Waals surface area contributed by atoms with Gasteiger partial charge >= 0.3 is 6.03 Å². The van der Waals surface area contributed by atoms with Gasteiger partial charge in [-0.1, -0.05) is 0 Å². The number of carbonyl (C=O) groups excluding carboxylic acids is 1. The lowest BCUT2D eigenvalue weighted by molar-refractivity contribution is 0.206. The molecule has 0 aromatic carbocycles. The van der Waals surface area contributed by atoms with Crippen molar-refractivity contribution in [3.8, 4) is 17.0 Å². The summed E-state index contributed by atoms with van der Waals surface area (Å²) in [6, 6.07) is 5.96. The minimum Gasteiger partial charge on any atom is -0.480 e. The van der Waals surface area contributed by atoms with E-state index in [0.29, 0.717) is 18.1 Å². The number of nitrogens with zero attached hydrogens (tertiary/aromatic N) is 6. The zero-order chi connectivity index (χ0) is 23.2. The molecule has 1 saturated heterocycles. The van der Waals surface area contributed by atoms with Gasteiger partial charge in [-0.25, -0.2) is 9.78 Å². The van der Waals surface area contributed by atoms with Crippen molar-refractivity contribution in [2.45, 2.75) is 44.8 Å². The molecular formula is C23H30N8O2. The Hall–Kier alpha value is -3.56. The van der Waals surface area contributed by atoms with E-state index in [9.17, 15) is 4.79 Å². The largest absolute Gasteiger partial charge is 0.480 e. The van der Waals surface area contributed by atoms with Crippen molar-refractivity contribution in [2.75, 3.05) is 25.4 Å². The van der Waals surface area contributed by atoms with Crippen LogP contribution in [0.15, 0.2) is 30.6 Å². The Kier molecular flexibility index (Phi) is 5.22. The number of rotatable bonds is 5. The first-order chi connectivity index (χ1) is 15.9. The molecule has 174 valence electrons. The van der Waals surface area contributed by atoms with Crippen molar-refractivity contribution in [3.63, 3.8) is 0 Å². The molecule has 0 radical (unpaired) electrons. The minimum absolute atomic E-state index is 0.0131. The third-order valence-electron chi connectivity index (χ3n) is 6.73. The molecule has 3 aromatic heterocycles. The molecule has 5 heterocycles. The number of nitrogen functional groups attached to an aromatic ring is 1. The summed E-state index contributed by atoms with van der Waals surface area (Å²) in [5.41, 5.74) is 9.76. The number of pyridine rings is 1. The third kappa shape index (κ3) is 3.79. The maximum atomic E-state index is 12.3. The summed E-state index contributed by atoms with van der Waals surface area (Å²) in [6.07, 6.45) is 5.30. The van der Waals surface area contributed by atoms with Gasteiger partial charge in [-0.2, -0.15) is 10.2 Å². The molecule has 10 nitrogen and oxygen atoms in total. The van der Waals surface area contributed by atoms with E-state index in [1.54, 1.807) is 10.9 Å². The van der Waals surface area contributed by atoms with Crippen LogP contribution in [0.1, 0.15) is 44.2 Å². The van der Waals surface area contributed by atoms with E-state index in [2.05, 4.69) is 26.1 Å². The average Bonchev–Trinajstić information content (AvgIpc) is 3.56. The predicted molar refractivity (Wildman–Crippen MR) is 124 cm³/mol. The van der Waals surface area contributed by atoms with E-state index in [0.717, 1.165) is 49.4 Å². The fourth-order valence-corrected chi connectivity index (χ4v) is 4.92. The van der Waals surface area contributed by atoms with Crippen LogP contribution in [0.25, 0.3) is 11.3 Å². The molecule has 2 amide bonds. The highest BCUT2D eigenvalue weighted by Gasteiger charge is 2.46. The number of amides is 2. The summed E-state index contributed by atoms with van der Waals surface area (Å²) in [7, 11) is 1.87. The average molecular weight is 451 g/mol. The fraction of sp³-hybridized carbons (Fsp3) is 0.478. The topological polar surface area (TPSA) is 116 Å². The molecule has 2 aliphatic rings. The van der Waals surface area contributed by atoms with Crippen LogP contribution in [-0.4, -0.2) is 55.1 Å². The Morgan fingerprint density at radius 3 is 2.88 bits per heavy atom. The molecule has 33 heavy (non-hydrogen) atoms. The maximum absolute atomic E-state index is 12.3. The van der Waals surface area contributed by atoms with Gasteiger partial charge in [0.2, 0.25) is 0 Å². The number of likely N-dealkylation sites (tertiary alicyclic amines) is 1. The second-order valence-electron chi connectivity index (χ2n) is 8.96. The minimum atomic E-state index is -0.264. The lowest BCUT2D eigenvalue weighted by atomic mass is 9.82. The van der Waals surface area contributed by atoms with Gasteiger partial charge in [-0.3, -0.25) is 9.36 Å². The molecule has 0 bridgehead atoms. The molecule has 3 N–H and O–H groups in total. The van der Waals surface area contributed by atoms with Crippen molar-refractivity contribution in [3.05, 3.63) is 42.0 Å². The molecule has 0 unspecified atom stereocenters. The first-order valence-corrected chi connectivity index (χ1v) is 11.4. The van der Waals surface area contributed by atoms with Crippen LogP contribution >= 0.6 is 0 Å². The van der Waals surface area contributed by atoms with E-state index in [1.165, 1.54) is 5.69 Å². The van der Waals surface area contributed by atoms with Crippen molar-refractivity contribution < 1.29 is 9.53 Å². The van der Waals surface area contributed by atoms with Crippen LogP contribution in [-0.2, 0) is 19.0 Å². The van der Waals surface area contributed by atoms with E-state index in [4.69, 9.17) is 15.6 Å². The number of fused-ring (bicyclic) bond motifs is 2. The Morgan fingerprint density at radius 2 is 2.12 bits per heavy atom.